The zero-order valence-corrected chi connectivity index (χ0v) is 14.5. The Hall–Kier alpha value is -1.93. The number of thioether (sulfide) groups is 1. The molecule has 122 valence electrons. The number of carbonyl (C=O) groups excluding carboxylic acids is 1. The van der Waals surface area contributed by atoms with Crippen LogP contribution in [0.5, 0.6) is 0 Å². The van der Waals surface area contributed by atoms with E-state index in [0.29, 0.717) is 0 Å². The van der Waals surface area contributed by atoms with Crippen molar-refractivity contribution in [3.8, 4) is 6.07 Å². The summed E-state index contributed by atoms with van der Waals surface area (Å²) in [7, 11) is 1.80. The maximum atomic E-state index is 12.5. The van der Waals surface area contributed by atoms with Gasteiger partial charge >= 0.3 is 0 Å². The first kappa shape index (κ1) is 17.4. The second-order valence-corrected chi connectivity index (χ2v) is 6.63. The lowest BCUT2D eigenvalue weighted by Gasteiger charge is -2.31. The van der Waals surface area contributed by atoms with Crippen LogP contribution in [0.3, 0.4) is 0 Å². The third-order valence-corrected chi connectivity index (χ3v) is 4.97. The molecule has 0 atom stereocenters. The summed E-state index contributed by atoms with van der Waals surface area (Å²) in [6.45, 7) is 0. The summed E-state index contributed by atoms with van der Waals surface area (Å²) in [4.78, 5) is 15.4. The van der Waals surface area contributed by atoms with E-state index in [2.05, 4.69) is 5.32 Å². The fourth-order valence-electron chi connectivity index (χ4n) is 2.83. The Kier molecular flexibility index (Phi) is 6.54. The smallest absolute Gasteiger partial charge is 0.266 e. The molecule has 2 rings (SSSR count). The lowest BCUT2D eigenvalue weighted by molar-refractivity contribution is -0.128. The topological polar surface area (TPSA) is 56.1 Å². The Balaban J connectivity index is 2.05. The number of likely N-dealkylation sites (N-methyl/N-ethyl adjacent to an activating group) is 1. The highest BCUT2D eigenvalue weighted by molar-refractivity contribution is 7.98. The van der Waals surface area contributed by atoms with Crippen molar-refractivity contribution < 1.29 is 4.79 Å². The van der Waals surface area contributed by atoms with Crippen LogP contribution in [0, 0.1) is 11.3 Å². The highest BCUT2D eigenvalue weighted by Crippen LogP contribution is 2.23. The molecular weight excluding hydrogens is 306 g/mol. The van der Waals surface area contributed by atoms with E-state index in [1.807, 2.05) is 36.6 Å². The van der Waals surface area contributed by atoms with Crippen LogP contribution in [0.1, 0.15) is 32.1 Å². The minimum absolute atomic E-state index is 0.146. The van der Waals surface area contributed by atoms with Gasteiger partial charge in [0.1, 0.15) is 11.6 Å². The minimum Gasteiger partial charge on any atom is -0.360 e. The molecule has 5 heteroatoms. The van der Waals surface area contributed by atoms with Gasteiger partial charge in [0, 0.05) is 29.9 Å². The van der Waals surface area contributed by atoms with Crippen LogP contribution in [-0.2, 0) is 4.79 Å². The van der Waals surface area contributed by atoms with Gasteiger partial charge in [-0.25, -0.2) is 0 Å². The van der Waals surface area contributed by atoms with Crippen molar-refractivity contribution in [1.29, 1.82) is 5.26 Å². The highest BCUT2D eigenvalue weighted by atomic mass is 32.2. The van der Waals surface area contributed by atoms with Gasteiger partial charge in [-0.2, -0.15) is 5.26 Å². The van der Waals surface area contributed by atoms with Crippen LogP contribution in [-0.4, -0.2) is 30.2 Å². The highest BCUT2D eigenvalue weighted by Gasteiger charge is 2.24. The standard InChI is InChI=1S/C18H23N3OS/c1-21(16-8-4-3-5-9-16)18(22)14(12-19)13-20-15-7-6-10-17(11-15)23-2/h6-7,10-11,13,16,20H,3-5,8-9H2,1-2H3/b14-13-. The molecule has 0 unspecified atom stereocenters. The monoisotopic (exact) mass is 329 g/mol. The first-order valence-corrected chi connectivity index (χ1v) is 9.16. The molecule has 4 nitrogen and oxygen atoms in total. The van der Waals surface area contributed by atoms with Gasteiger partial charge in [0.2, 0.25) is 0 Å². The number of nitrogens with zero attached hydrogens (tertiary/aromatic N) is 2. The predicted molar refractivity (Wildman–Crippen MR) is 95.2 cm³/mol. The van der Waals surface area contributed by atoms with Gasteiger partial charge in [0.05, 0.1) is 0 Å². The van der Waals surface area contributed by atoms with Gasteiger partial charge in [-0.05, 0) is 37.3 Å². The third kappa shape index (κ3) is 4.77. The number of hydrogen-bond donors (Lipinski definition) is 1. The Bertz CT molecular complexity index is 615. The molecule has 0 aliphatic heterocycles. The Morgan fingerprint density at radius 3 is 2.78 bits per heavy atom. The van der Waals surface area contributed by atoms with Crippen LogP contribution in [0.4, 0.5) is 5.69 Å². The van der Waals surface area contributed by atoms with E-state index in [9.17, 15) is 10.1 Å². The van der Waals surface area contributed by atoms with Crippen molar-refractivity contribution in [3.63, 3.8) is 0 Å². The molecular formula is C18H23N3OS. The molecule has 1 aliphatic rings. The van der Waals surface area contributed by atoms with E-state index in [4.69, 9.17) is 0 Å². The number of nitrogens with one attached hydrogen (secondary N) is 1. The zero-order valence-electron chi connectivity index (χ0n) is 13.7. The fraction of sp³-hybridized carbons (Fsp3) is 0.444. The first-order chi connectivity index (χ1) is 11.2. The number of rotatable bonds is 5. The lowest BCUT2D eigenvalue weighted by Crippen LogP contribution is -2.39. The minimum atomic E-state index is -0.201. The van der Waals surface area contributed by atoms with Crippen molar-refractivity contribution in [2.24, 2.45) is 0 Å². The largest absolute Gasteiger partial charge is 0.360 e. The van der Waals surface area contributed by atoms with Crippen LogP contribution < -0.4 is 5.32 Å². The van der Waals surface area contributed by atoms with E-state index in [1.165, 1.54) is 12.6 Å². The summed E-state index contributed by atoms with van der Waals surface area (Å²) >= 11 is 1.65. The van der Waals surface area contributed by atoms with Gasteiger partial charge in [-0.15, -0.1) is 11.8 Å². The molecule has 1 aromatic rings. The summed E-state index contributed by atoms with van der Waals surface area (Å²) in [6, 6.07) is 10.2. The first-order valence-electron chi connectivity index (χ1n) is 7.93. The summed E-state index contributed by atoms with van der Waals surface area (Å²) in [5, 5.41) is 12.4. The van der Waals surface area contributed by atoms with Crippen LogP contribution in [0.15, 0.2) is 40.9 Å². The summed E-state index contributed by atoms with van der Waals surface area (Å²) in [5.41, 5.74) is 1.02. The van der Waals surface area contributed by atoms with Crippen molar-refractivity contribution in [2.45, 2.75) is 43.0 Å². The Morgan fingerprint density at radius 1 is 1.39 bits per heavy atom. The Labute approximate surface area is 142 Å². The molecule has 0 heterocycles. The number of hydrogen-bond acceptors (Lipinski definition) is 4. The molecule has 23 heavy (non-hydrogen) atoms. The third-order valence-electron chi connectivity index (χ3n) is 4.25. The van der Waals surface area contributed by atoms with E-state index < -0.39 is 0 Å². The van der Waals surface area contributed by atoms with Gasteiger partial charge in [-0.3, -0.25) is 4.79 Å². The average molecular weight is 329 g/mol. The fourth-order valence-corrected chi connectivity index (χ4v) is 3.29. The van der Waals surface area contributed by atoms with Crippen molar-refractivity contribution >= 4 is 23.4 Å². The number of benzene rings is 1. The predicted octanol–water partition coefficient (Wildman–Crippen LogP) is 4.02. The molecule has 1 aromatic carbocycles. The zero-order chi connectivity index (χ0) is 16.7. The van der Waals surface area contributed by atoms with Crippen LogP contribution in [0.25, 0.3) is 0 Å². The molecule has 1 aliphatic carbocycles. The molecule has 0 spiro atoms. The second-order valence-electron chi connectivity index (χ2n) is 5.75. The van der Waals surface area contributed by atoms with Crippen molar-refractivity contribution in [2.75, 3.05) is 18.6 Å². The molecule has 1 fully saturated rings. The van der Waals surface area contributed by atoms with Crippen molar-refractivity contribution in [3.05, 3.63) is 36.0 Å². The van der Waals surface area contributed by atoms with E-state index >= 15 is 0 Å². The average Bonchev–Trinajstić information content (AvgIpc) is 2.62. The van der Waals surface area contributed by atoms with E-state index in [-0.39, 0.29) is 17.5 Å². The maximum Gasteiger partial charge on any atom is 0.266 e. The quantitative estimate of drug-likeness (QED) is 0.503. The number of anilines is 1. The molecule has 0 saturated heterocycles. The maximum absolute atomic E-state index is 12.5. The van der Waals surface area contributed by atoms with Crippen LogP contribution in [0.2, 0.25) is 0 Å². The van der Waals surface area contributed by atoms with Gasteiger partial charge in [-0.1, -0.05) is 25.3 Å². The van der Waals surface area contributed by atoms with Gasteiger partial charge in [0.25, 0.3) is 5.91 Å². The van der Waals surface area contributed by atoms with E-state index in [1.54, 1.807) is 23.7 Å². The summed E-state index contributed by atoms with van der Waals surface area (Å²) in [6.07, 6.45) is 9.15. The SMILES string of the molecule is CSc1cccc(N/C=C(/C#N)C(=O)N(C)C2CCCCC2)c1. The van der Waals surface area contributed by atoms with Gasteiger partial charge in [0.15, 0.2) is 0 Å². The molecule has 0 radical (unpaired) electrons. The summed E-state index contributed by atoms with van der Waals surface area (Å²) in [5.74, 6) is -0.201. The second kappa shape index (κ2) is 8.64. The molecule has 1 amide bonds. The number of amides is 1. The lowest BCUT2D eigenvalue weighted by atomic mass is 9.94. The number of nitriles is 1. The van der Waals surface area contributed by atoms with Crippen LogP contribution >= 0.6 is 11.8 Å². The normalized spacial score (nSPS) is 15.8. The molecule has 0 aromatic heterocycles. The molecule has 1 saturated carbocycles. The van der Waals surface area contributed by atoms with E-state index in [0.717, 1.165) is 36.3 Å². The number of carbonyl (C=O) groups is 1. The van der Waals surface area contributed by atoms with Gasteiger partial charge < -0.3 is 10.2 Å². The Morgan fingerprint density at radius 2 is 2.13 bits per heavy atom. The molecule has 0 bridgehead atoms. The van der Waals surface area contributed by atoms with Crippen molar-refractivity contribution in [1.82, 2.24) is 4.90 Å². The molecule has 1 N–H and O–H groups in total. The summed E-state index contributed by atoms with van der Waals surface area (Å²) < 4.78 is 0.